The zero-order chi connectivity index (χ0) is 19.1. The van der Waals surface area contributed by atoms with Crippen molar-refractivity contribution in [1.82, 2.24) is 4.90 Å². The molecule has 1 aromatic rings. The smallest absolute Gasteiger partial charge is 0.334 e. The fourth-order valence-corrected chi connectivity index (χ4v) is 2.73. The zero-order valence-electron chi connectivity index (χ0n) is 14.7. The predicted molar refractivity (Wildman–Crippen MR) is 96.8 cm³/mol. The minimum Gasteiger partial charge on any atom is -0.493 e. The van der Waals surface area contributed by atoms with Crippen LogP contribution < -0.4 is 9.47 Å². The van der Waals surface area contributed by atoms with Crippen molar-refractivity contribution in [2.75, 3.05) is 33.4 Å². The predicted octanol–water partition coefficient (Wildman–Crippen LogP) is 2.46. The number of hydrogen-bond donors (Lipinski definition) is 1. The molecule has 7 nitrogen and oxygen atoms in total. The van der Waals surface area contributed by atoms with Crippen molar-refractivity contribution in [3.05, 3.63) is 28.8 Å². The van der Waals surface area contributed by atoms with Gasteiger partial charge in [-0.15, -0.1) is 0 Å². The van der Waals surface area contributed by atoms with Crippen molar-refractivity contribution in [2.24, 2.45) is 0 Å². The summed E-state index contributed by atoms with van der Waals surface area (Å²) >= 11 is 6.25. The Labute approximate surface area is 157 Å². The molecule has 1 unspecified atom stereocenters. The Bertz CT molecular complexity index is 691. The summed E-state index contributed by atoms with van der Waals surface area (Å²) in [4.78, 5) is 24.7. The first-order valence-electron chi connectivity index (χ1n) is 8.28. The molecule has 8 heteroatoms. The van der Waals surface area contributed by atoms with Gasteiger partial charge in [0.1, 0.15) is 0 Å². The number of benzene rings is 1. The first kappa shape index (κ1) is 20.1. The maximum Gasteiger partial charge on any atom is 0.334 e. The van der Waals surface area contributed by atoms with Gasteiger partial charge in [-0.05, 0) is 30.2 Å². The zero-order valence-corrected chi connectivity index (χ0v) is 15.5. The van der Waals surface area contributed by atoms with Gasteiger partial charge in [-0.2, -0.15) is 0 Å². The summed E-state index contributed by atoms with van der Waals surface area (Å²) in [6.45, 7) is 3.07. The van der Waals surface area contributed by atoms with E-state index >= 15 is 0 Å². The van der Waals surface area contributed by atoms with E-state index in [0.29, 0.717) is 35.2 Å². The van der Waals surface area contributed by atoms with E-state index in [1.165, 1.54) is 18.1 Å². The minimum atomic E-state index is -1.08. The van der Waals surface area contributed by atoms with Gasteiger partial charge >= 0.3 is 5.97 Å². The van der Waals surface area contributed by atoms with Crippen LogP contribution >= 0.6 is 11.6 Å². The lowest BCUT2D eigenvalue weighted by Crippen LogP contribution is -2.48. The van der Waals surface area contributed by atoms with Gasteiger partial charge in [0.15, 0.2) is 17.6 Å². The Balaban J connectivity index is 2.10. The van der Waals surface area contributed by atoms with E-state index < -0.39 is 12.1 Å². The molecule has 1 fully saturated rings. The topological polar surface area (TPSA) is 85.3 Å². The fourth-order valence-electron chi connectivity index (χ4n) is 2.45. The number of carbonyl (C=O) groups is 2. The number of carbonyl (C=O) groups excluding carboxylic acids is 1. The molecule has 1 aromatic carbocycles. The second kappa shape index (κ2) is 9.45. The van der Waals surface area contributed by atoms with Crippen LogP contribution in [0.15, 0.2) is 18.2 Å². The average Bonchev–Trinajstić information content (AvgIpc) is 2.64. The van der Waals surface area contributed by atoms with Gasteiger partial charge in [-0.25, -0.2) is 4.79 Å². The van der Waals surface area contributed by atoms with E-state index in [4.69, 9.17) is 30.9 Å². The van der Waals surface area contributed by atoms with Gasteiger partial charge in [-0.3, -0.25) is 4.79 Å². The number of carboxylic acids is 1. The molecule has 0 aromatic heterocycles. The lowest BCUT2D eigenvalue weighted by Gasteiger charge is -2.30. The van der Waals surface area contributed by atoms with E-state index in [9.17, 15) is 9.59 Å². The Morgan fingerprint density at radius 3 is 2.88 bits per heavy atom. The number of methoxy groups -OCH3 is 1. The molecule has 26 heavy (non-hydrogen) atoms. The number of nitrogens with zero attached hydrogens (tertiary/aromatic N) is 1. The summed E-state index contributed by atoms with van der Waals surface area (Å²) < 4.78 is 16.0. The summed E-state index contributed by atoms with van der Waals surface area (Å²) in [7, 11) is 1.52. The van der Waals surface area contributed by atoms with Crippen LogP contribution in [0.2, 0.25) is 5.02 Å². The first-order valence-corrected chi connectivity index (χ1v) is 8.65. The number of halogens is 1. The molecule has 1 N–H and O–H groups in total. The molecule has 0 bridgehead atoms. The lowest BCUT2D eigenvalue weighted by atomic mass is 10.1. The van der Waals surface area contributed by atoms with Crippen LogP contribution in [0.4, 0.5) is 0 Å². The van der Waals surface area contributed by atoms with Crippen LogP contribution in [0.1, 0.15) is 18.9 Å². The summed E-state index contributed by atoms with van der Waals surface area (Å²) in [5.74, 6) is -0.418. The first-order chi connectivity index (χ1) is 12.5. The van der Waals surface area contributed by atoms with E-state index in [1.54, 1.807) is 18.2 Å². The molecular formula is C18H22ClNO6. The highest BCUT2D eigenvalue weighted by Crippen LogP contribution is 2.36. The molecule has 0 saturated carbocycles. The highest BCUT2D eigenvalue weighted by Gasteiger charge is 2.28. The van der Waals surface area contributed by atoms with Crippen molar-refractivity contribution >= 4 is 29.6 Å². The van der Waals surface area contributed by atoms with Crippen molar-refractivity contribution in [3.63, 3.8) is 0 Å². The van der Waals surface area contributed by atoms with Gasteiger partial charge < -0.3 is 24.2 Å². The summed E-state index contributed by atoms with van der Waals surface area (Å²) in [6, 6.07) is 3.40. The summed E-state index contributed by atoms with van der Waals surface area (Å²) in [6.07, 6.45) is 2.82. The number of hydrogen-bond acceptors (Lipinski definition) is 5. The molecule has 0 radical (unpaired) electrons. The van der Waals surface area contributed by atoms with Crippen molar-refractivity contribution < 1.29 is 28.9 Å². The van der Waals surface area contributed by atoms with E-state index in [0.717, 1.165) is 6.42 Å². The maximum absolute atomic E-state index is 12.3. The van der Waals surface area contributed by atoms with Gasteiger partial charge in [0, 0.05) is 12.6 Å². The Hall–Kier alpha value is -2.25. The second-order valence-electron chi connectivity index (χ2n) is 5.70. The third-order valence-electron chi connectivity index (χ3n) is 3.77. The molecule has 2 rings (SSSR count). The van der Waals surface area contributed by atoms with Crippen LogP contribution in [0, 0.1) is 0 Å². The number of amides is 1. The Morgan fingerprint density at radius 1 is 1.46 bits per heavy atom. The quantitative estimate of drug-likeness (QED) is 0.728. The average molecular weight is 384 g/mol. The minimum absolute atomic E-state index is 0.0202. The summed E-state index contributed by atoms with van der Waals surface area (Å²) in [5, 5.41) is 9.39. The number of rotatable bonds is 7. The van der Waals surface area contributed by atoms with Crippen LogP contribution in [0.3, 0.4) is 0 Å². The Morgan fingerprint density at radius 2 is 2.23 bits per heavy atom. The van der Waals surface area contributed by atoms with Gasteiger partial charge in [0.2, 0.25) is 5.91 Å². The van der Waals surface area contributed by atoms with E-state index in [2.05, 4.69) is 0 Å². The molecule has 1 aliphatic rings. The largest absolute Gasteiger partial charge is 0.493 e. The highest BCUT2D eigenvalue weighted by molar-refractivity contribution is 6.32. The molecule has 1 aliphatic heterocycles. The number of aliphatic carboxylic acids is 1. The Kier molecular flexibility index (Phi) is 7.29. The maximum atomic E-state index is 12.3. The monoisotopic (exact) mass is 383 g/mol. The third-order valence-corrected chi connectivity index (χ3v) is 4.05. The standard InChI is InChI=1S/C18H22ClNO6/c1-3-7-26-17-13(19)9-12(10-14(17)24-2)4-5-16(21)20-6-8-25-15(11-20)18(22)23/h4-5,9-10,15H,3,6-8,11H2,1-2H3,(H,22,23). The third kappa shape index (κ3) is 5.12. The molecule has 142 valence electrons. The van der Waals surface area contributed by atoms with Crippen LogP contribution in [-0.2, 0) is 14.3 Å². The van der Waals surface area contributed by atoms with Gasteiger partial charge in [0.05, 0.1) is 31.9 Å². The second-order valence-corrected chi connectivity index (χ2v) is 6.11. The van der Waals surface area contributed by atoms with Gasteiger partial charge in [-0.1, -0.05) is 18.5 Å². The van der Waals surface area contributed by atoms with Crippen LogP contribution in [0.25, 0.3) is 6.08 Å². The molecule has 0 spiro atoms. The van der Waals surface area contributed by atoms with Crippen molar-refractivity contribution in [1.29, 1.82) is 0 Å². The number of morpholine rings is 1. The molecule has 1 atom stereocenters. The van der Waals surface area contributed by atoms with E-state index in [-0.39, 0.29) is 19.1 Å². The van der Waals surface area contributed by atoms with Crippen LogP contribution in [0.5, 0.6) is 11.5 Å². The molecule has 1 heterocycles. The molecule has 1 saturated heterocycles. The lowest BCUT2D eigenvalue weighted by molar-refractivity contribution is -0.158. The van der Waals surface area contributed by atoms with Crippen LogP contribution in [-0.4, -0.2) is 61.4 Å². The van der Waals surface area contributed by atoms with Gasteiger partial charge in [0.25, 0.3) is 0 Å². The van der Waals surface area contributed by atoms with Crippen molar-refractivity contribution in [3.8, 4) is 11.5 Å². The SMILES string of the molecule is CCCOc1c(Cl)cc(C=CC(=O)N2CCOC(C(=O)O)C2)cc1OC. The number of ether oxygens (including phenoxy) is 3. The normalized spacial score (nSPS) is 17.3. The number of carboxylic acid groups (broad SMARTS) is 1. The highest BCUT2D eigenvalue weighted by atomic mass is 35.5. The molecule has 0 aliphatic carbocycles. The molecule has 1 amide bonds. The summed E-state index contributed by atoms with van der Waals surface area (Å²) in [5.41, 5.74) is 0.673. The molecular weight excluding hydrogens is 362 g/mol. The fraction of sp³-hybridized carbons (Fsp3) is 0.444. The van der Waals surface area contributed by atoms with Crippen molar-refractivity contribution in [2.45, 2.75) is 19.4 Å². The van der Waals surface area contributed by atoms with E-state index in [1.807, 2.05) is 6.92 Å².